The number of carbonyl (C=O) groups excluding carboxylic acids is 2. The molecule has 2 aromatic carbocycles. The van der Waals surface area contributed by atoms with Crippen LogP contribution in [0.3, 0.4) is 0 Å². The summed E-state index contributed by atoms with van der Waals surface area (Å²) in [5.74, 6) is 0.974. The molecular weight excluding hydrogens is 402 g/mol. The quantitative estimate of drug-likeness (QED) is 0.569. The van der Waals surface area contributed by atoms with Crippen molar-refractivity contribution in [3.63, 3.8) is 0 Å². The summed E-state index contributed by atoms with van der Waals surface area (Å²) in [6, 6.07) is 11.9. The van der Waals surface area contributed by atoms with Crippen molar-refractivity contribution in [3.05, 3.63) is 53.9 Å². The van der Waals surface area contributed by atoms with Crippen molar-refractivity contribution in [3.8, 4) is 17.2 Å². The van der Waals surface area contributed by atoms with Crippen LogP contribution in [-0.2, 0) is 11.3 Å². The van der Waals surface area contributed by atoms with E-state index in [0.717, 1.165) is 0 Å². The summed E-state index contributed by atoms with van der Waals surface area (Å²) >= 11 is 0. The molecule has 2 amide bonds. The summed E-state index contributed by atoms with van der Waals surface area (Å²) in [7, 11) is 4.61. The van der Waals surface area contributed by atoms with Gasteiger partial charge in [0.05, 0.1) is 32.7 Å². The Morgan fingerprint density at radius 2 is 1.61 bits per heavy atom. The number of nitrogens with zero attached hydrogens (tertiary/aromatic N) is 3. The van der Waals surface area contributed by atoms with Crippen LogP contribution in [0, 0.1) is 6.92 Å². The first-order chi connectivity index (χ1) is 14.9. The standard InChI is InChI=1S/C21H23N5O5/c1-13-20(21(28)22-14-5-7-15(29-2)8-6-14)24-25-26(13)12-19(27)23-17-10-9-16(30-3)11-18(17)31-4/h5-11H,12H2,1-4H3,(H,22,28)(H,23,27). The number of amides is 2. The molecule has 0 saturated carbocycles. The average molecular weight is 425 g/mol. The van der Waals surface area contributed by atoms with E-state index in [0.29, 0.717) is 34.3 Å². The Balaban J connectivity index is 1.66. The molecule has 31 heavy (non-hydrogen) atoms. The topological polar surface area (TPSA) is 117 Å². The highest BCUT2D eigenvalue weighted by molar-refractivity contribution is 6.03. The minimum Gasteiger partial charge on any atom is -0.497 e. The van der Waals surface area contributed by atoms with Crippen molar-refractivity contribution < 1.29 is 23.8 Å². The van der Waals surface area contributed by atoms with Crippen molar-refractivity contribution in [2.75, 3.05) is 32.0 Å². The van der Waals surface area contributed by atoms with Crippen LogP contribution in [0.25, 0.3) is 0 Å². The summed E-state index contributed by atoms with van der Waals surface area (Å²) in [6.07, 6.45) is 0. The van der Waals surface area contributed by atoms with E-state index in [1.54, 1.807) is 63.6 Å². The van der Waals surface area contributed by atoms with Crippen LogP contribution in [0.4, 0.5) is 11.4 Å². The van der Waals surface area contributed by atoms with E-state index in [1.807, 2.05) is 0 Å². The van der Waals surface area contributed by atoms with Crippen LogP contribution in [0.15, 0.2) is 42.5 Å². The molecule has 0 fully saturated rings. The molecule has 0 aliphatic rings. The molecule has 0 bridgehead atoms. The van der Waals surface area contributed by atoms with E-state index in [2.05, 4.69) is 20.9 Å². The van der Waals surface area contributed by atoms with Gasteiger partial charge in [0.2, 0.25) is 5.91 Å². The number of methoxy groups -OCH3 is 3. The third-order valence-electron chi connectivity index (χ3n) is 4.52. The molecule has 0 unspecified atom stereocenters. The van der Waals surface area contributed by atoms with Crippen LogP contribution in [0.5, 0.6) is 17.2 Å². The number of nitrogens with one attached hydrogen (secondary N) is 2. The van der Waals surface area contributed by atoms with E-state index in [1.165, 1.54) is 11.8 Å². The first kappa shape index (κ1) is 21.6. The number of aromatic nitrogens is 3. The van der Waals surface area contributed by atoms with Gasteiger partial charge in [-0.1, -0.05) is 5.21 Å². The maximum Gasteiger partial charge on any atom is 0.278 e. The van der Waals surface area contributed by atoms with Crippen molar-refractivity contribution in [2.24, 2.45) is 0 Å². The maximum atomic E-state index is 12.5. The van der Waals surface area contributed by atoms with Gasteiger partial charge in [-0.05, 0) is 43.3 Å². The van der Waals surface area contributed by atoms with Gasteiger partial charge >= 0.3 is 0 Å². The summed E-state index contributed by atoms with van der Waals surface area (Å²) in [5.41, 5.74) is 1.67. The van der Waals surface area contributed by atoms with E-state index < -0.39 is 5.91 Å². The molecule has 0 spiro atoms. The van der Waals surface area contributed by atoms with Gasteiger partial charge in [-0.25, -0.2) is 4.68 Å². The lowest BCUT2D eigenvalue weighted by Crippen LogP contribution is -2.21. The molecule has 2 N–H and O–H groups in total. The van der Waals surface area contributed by atoms with Crippen molar-refractivity contribution in [1.29, 1.82) is 0 Å². The average Bonchev–Trinajstić information content (AvgIpc) is 3.14. The Morgan fingerprint density at radius 1 is 0.935 bits per heavy atom. The number of benzene rings is 2. The van der Waals surface area contributed by atoms with Crippen LogP contribution in [-0.4, -0.2) is 48.1 Å². The highest BCUT2D eigenvalue weighted by atomic mass is 16.5. The van der Waals surface area contributed by atoms with Crippen molar-refractivity contribution >= 4 is 23.2 Å². The molecule has 1 heterocycles. The van der Waals surface area contributed by atoms with Crippen molar-refractivity contribution in [2.45, 2.75) is 13.5 Å². The minimum absolute atomic E-state index is 0.121. The Labute approximate surface area is 179 Å². The molecule has 3 aromatic rings. The molecule has 10 nitrogen and oxygen atoms in total. The predicted molar refractivity (Wildman–Crippen MR) is 114 cm³/mol. The van der Waals surface area contributed by atoms with Gasteiger partial charge < -0.3 is 24.8 Å². The molecule has 0 saturated heterocycles. The van der Waals surface area contributed by atoms with Crippen molar-refractivity contribution in [1.82, 2.24) is 15.0 Å². The molecular formula is C21H23N5O5. The smallest absolute Gasteiger partial charge is 0.278 e. The zero-order valence-corrected chi connectivity index (χ0v) is 17.6. The lowest BCUT2D eigenvalue weighted by atomic mass is 10.2. The molecule has 0 atom stereocenters. The zero-order chi connectivity index (χ0) is 22.4. The van der Waals surface area contributed by atoms with E-state index in [4.69, 9.17) is 14.2 Å². The van der Waals surface area contributed by atoms with E-state index >= 15 is 0 Å². The first-order valence-corrected chi connectivity index (χ1v) is 9.32. The molecule has 1 aromatic heterocycles. The second-order valence-corrected chi connectivity index (χ2v) is 6.48. The number of rotatable bonds is 8. The number of carbonyl (C=O) groups is 2. The first-order valence-electron chi connectivity index (χ1n) is 9.32. The van der Waals surface area contributed by atoms with Gasteiger partial charge in [-0.2, -0.15) is 0 Å². The Hall–Kier alpha value is -4.08. The molecule has 0 aliphatic heterocycles. The highest BCUT2D eigenvalue weighted by Crippen LogP contribution is 2.29. The van der Waals surface area contributed by atoms with Gasteiger partial charge in [-0.3, -0.25) is 9.59 Å². The summed E-state index contributed by atoms with van der Waals surface area (Å²) in [5, 5.41) is 13.3. The van der Waals surface area contributed by atoms with Crippen LogP contribution in [0.2, 0.25) is 0 Å². The van der Waals surface area contributed by atoms with E-state index in [-0.39, 0.29) is 18.1 Å². The lowest BCUT2D eigenvalue weighted by Gasteiger charge is -2.12. The van der Waals surface area contributed by atoms with Crippen LogP contribution < -0.4 is 24.8 Å². The zero-order valence-electron chi connectivity index (χ0n) is 17.6. The maximum absolute atomic E-state index is 12.5. The van der Waals surface area contributed by atoms with Gasteiger partial charge in [0.25, 0.3) is 5.91 Å². The number of hydrogen-bond acceptors (Lipinski definition) is 7. The second-order valence-electron chi connectivity index (χ2n) is 6.48. The summed E-state index contributed by atoms with van der Waals surface area (Å²) < 4.78 is 16.9. The molecule has 0 radical (unpaired) electrons. The fourth-order valence-electron chi connectivity index (χ4n) is 2.81. The monoisotopic (exact) mass is 425 g/mol. The normalized spacial score (nSPS) is 10.3. The van der Waals surface area contributed by atoms with Gasteiger partial charge in [0.15, 0.2) is 5.69 Å². The molecule has 0 aliphatic carbocycles. The molecule has 10 heteroatoms. The number of ether oxygens (including phenoxy) is 3. The minimum atomic E-state index is -0.425. The Kier molecular flexibility index (Phi) is 6.71. The summed E-state index contributed by atoms with van der Waals surface area (Å²) in [4.78, 5) is 25.0. The largest absolute Gasteiger partial charge is 0.497 e. The fourth-order valence-corrected chi connectivity index (χ4v) is 2.81. The summed E-state index contributed by atoms with van der Waals surface area (Å²) in [6.45, 7) is 1.55. The van der Waals surface area contributed by atoms with Gasteiger partial charge in [0, 0.05) is 11.8 Å². The van der Waals surface area contributed by atoms with Gasteiger partial charge in [0.1, 0.15) is 23.8 Å². The Bertz CT molecular complexity index is 1080. The fraction of sp³-hybridized carbons (Fsp3) is 0.238. The second kappa shape index (κ2) is 9.61. The van der Waals surface area contributed by atoms with Gasteiger partial charge in [-0.15, -0.1) is 5.10 Å². The highest BCUT2D eigenvalue weighted by Gasteiger charge is 2.19. The van der Waals surface area contributed by atoms with Crippen LogP contribution in [0.1, 0.15) is 16.2 Å². The third kappa shape index (κ3) is 5.10. The lowest BCUT2D eigenvalue weighted by molar-refractivity contribution is -0.117. The van der Waals surface area contributed by atoms with E-state index in [9.17, 15) is 9.59 Å². The third-order valence-corrected chi connectivity index (χ3v) is 4.52. The molecule has 162 valence electrons. The number of anilines is 2. The molecule has 3 rings (SSSR count). The number of hydrogen-bond donors (Lipinski definition) is 2. The predicted octanol–water partition coefficient (Wildman–Crippen LogP) is 2.50. The Morgan fingerprint density at radius 3 is 2.26 bits per heavy atom. The van der Waals surface area contributed by atoms with Crippen LogP contribution >= 0.6 is 0 Å². The SMILES string of the molecule is COc1ccc(NC(=O)c2nnn(CC(=O)Nc3ccc(OC)cc3OC)c2C)cc1.